The number of aliphatic carboxylic acids is 1. The van der Waals surface area contributed by atoms with Crippen LogP contribution in [-0.2, 0) is 4.79 Å². The van der Waals surface area contributed by atoms with E-state index < -0.39 is 5.97 Å². The number of carbonyl (C=O) groups is 1. The lowest BCUT2D eigenvalue weighted by Gasteiger charge is -2.04. The predicted molar refractivity (Wildman–Crippen MR) is 249 cm³/mol. The molecule has 0 aliphatic rings. The smallest absolute Gasteiger partial charge is 0.303 e. The third kappa shape index (κ3) is 59.7. The number of hydrogen-bond donors (Lipinski definition) is 3. The Balaban J connectivity index is 0. The molecule has 4 nitrogen and oxygen atoms in total. The lowest BCUT2D eigenvalue weighted by molar-refractivity contribution is -0.137. The average molecular weight is 775 g/mol. The molecule has 0 saturated heterocycles. The largest absolute Gasteiger partial charge is 0.481 e. The van der Waals surface area contributed by atoms with E-state index in [0.717, 1.165) is 19.4 Å². The van der Waals surface area contributed by atoms with Gasteiger partial charge in [-0.05, 0) is 103 Å². The molecule has 0 heterocycles. The molecule has 328 valence electrons. The Morgan fingerprint density at radius 2 is 0.600 bits per heavy atom. The van der Waals surface area contributed by atoms with Gasteiger partial charge in [-0.15, -0.1) is 0 Å². The van der Waals surface area contributed by atoms with Crippen LogP contribution in [0.4, 0.5) is 0 Å². The van der Waals surface area contributed by atoms with Gasteiger partial charge in [0.2, 0.25) is 0 Å². The zero-order valence-corrected chi connectivity index (χ0v) is 38.1. The highest BCUT2D eigenvalue weighted by molar-refractivity contribution is 5.66. The van der Waals surface area contributed by atoms with Crippen molar-refractivity contribution in [3.63, 3.8) is 0 Å². The van der Waals surface area contributed by atoms with Gasteiger partial charge < -0.3 is 15.7 Å². The van der Waals surface area contributed by atoms with Gasteiger partial charge >= 0.3 is 5.97 Å². The minimum Gasteiger partial charge on any atom is -0.481 e. The molecule has 0 aliphatic heterocycles. The first-order valence-electron chi connectivity index (χ1n) is 25.1. The second-order valence-corrected chi connectivity index (χ2v) is 16.7. The van der Waals surface area contributed by atoms with Crippen LogP contribution in [-0.4, -0.2) is 37.3 Å². The van der Waals surface area contributed by atoms with E-state index in [2.05, 4.69) is 55.7 Å². The first kappa shape index (κ1) is 56.0. The zero-order chi connectivity index (χ0) is 40.2. The van der Waals surface area contributed by atoms with Gasteiger partial charge in [0.15, 0.2) is 0 Å². The highest BCUT2D eigenvalue weighted by Gasteiger charge is 1.98. The van der Waals surface area contributed by atoms with Crippen LogP contribution >= 0.6 is 0 Å². The maximum absolute atomic E-state index is 10.4. The van der Waals surface area contributed by atoms with Gasteiger partial charge in [-0.1, -0.05) is 212 Å². The van der Waals surface area contributed by atoms with Crippen LogP contribution in [0.5, 0.6) is 0 Å². The summed E-state index contributed by atoms with van der Waals surface area (Å²) in [6.07, 6.45) is 61.4. The van der Waals surface area contributed by atoms with Crippen molar-refractivity contribution in [3.05, 3.63) is 24.3 Å². The summed E-state index contributed by atoms with van der Waals surface area (Å²) in [5, 5.41) is 15.5. The third-order valence-electron chi connectivity index (χ3n) is 11.0. The minimum absolute atomic E-state index is 0.340. The molecule has 0 amide bonds. The van der Waals surface area contributed by atoms with Crippen molar-refractivity contribution in [2.45, 2.75) is 271 Å². The Morgan fingerprint density at radius 1 is 0.345 bits per heavy atom. The van der Waals surface area contributed by atoms with Gasteiger partial charge in [-0.2, -0.15) is 0 Å². The Labute approximate surface area is 347 Å². The molecular formula is C51H102N2O2. The molecule has 0 spiro atoms. The Morgan fingerprint density at radius 3 is 0.927 bits per heavy atom. The fraction of sp³-hybridized carbons (Fsp3) is 0.902. The van der Waals surface area contributed by atoms with Crippen molar-refractivity contribution in [3.8, 4) is 0 Å². The maximum Gasteiger partial charge on any atom is 0.303 e. The van der Waals surface area contributed by atoms with Crippen LogP contribution in [0.15, 0.2) is 24.3 Å². The summed E-state index contributed by atoms with van der Waals surface area (Å²) in [6, 6.07) is 0. The lowest BCUT2D eigenvalue weighted by Crippen LogP contribution is -2.16. The summed E-state index contributed by atoms with van der Waals surface area (Å²) in [7, 11) is 0. The summed E-state index contributed by atoms with van der Waals surface area (Å²) >= 11 is 0. The molecule has 0 aliphatic carbocycles. The zero-order valence-electron chi connectivity index (χ0n) is 38.1. The molecule has 0 atom stereocenters. The van der Waals surface area contributed by atoms with E-state index >= 15 is 0 Å². The molecule has 0 rings (SSSR count). The van der Waals surface area contributed by atoms with E-state index in [1.165, 1.54) is 251 Å². The van der Waals surface area contributed by atoms with Gasteiger partial charge in [0.05, 0.1) is 0 Å². The predicted octanol–water partition coefficient (Wildman–Crippen LogP) is 16.6. The highest BCUT2D eigenvalue weighted by atomic mass is 16.4. The monoisotopic (exact) mass is 775 g/mol. The summed E-state index contributed by atoms with van der Waals surface area (Å²) in [4.78, 5) is 10.4. The molecule has 4 heteroatoms. The molecule has 0 fully saturated rings. The van der Waals surface area contributed by atoms with Gasteiger partial charge in [0.25, 0.3) is 0 Å². The Kier molecular flexibility index (Phi) is 55.9. The van der Waals surface area contributed by atoms with E-state index in [1.807, 2.05) is 0 Å². The van der Waals surface area contributed by atoms with Gasteiger partial charge in [0, 0.05) is 6.42 Å². The molecule has 55 heavy (non-hydrogen) atoms. The Hall–Kier alpha value is -1.13. The van der Waals surface area contributed by atoms with E-state index in [0.29, 0.717) is 6.42 Å². The molecule has 0 aromatic rings. The fourth-order valence-corrected chi connectivity index (χ4v) is 7.24. The van der Waals surface area contributed by atoms with Gasteiger partial charge in [0.1, 0.15) is 0 Å². The molecule has 0 saturated carbocycles. The van der Waals surface area contributed by atoms with Gasteiger partial charge in [-0.3, -0.25) is 4.79 Å². The third-order valence-corrected chi connectivity index (χ3v) is 11.0. The summed E-state index contributed by atoms with van der Waals surface area (Å²) in [5.41, 5.74) is 0. The number of hydrogen-bond acceptors (Lipinski definition) is 3. The van der Waals surface area contributed by atoms with Gasteiger partial charge in [-0.25, -0.2) is 0 Å². The second-order valence-electron chi connectivity index (χ2n) is 16.7. The number of carboxylic acids is 1. The van der Waals surface area contributed by atoms with Crippen molar-refractivity contribution in [1.82, 2.24) is 10.6 Å². The van der Waals surface area contributed by atoms with E-state index in [4.69, 9.17) is 5.11 Å². The molecule has 0 unspecified atom stereocenters. The number of unbranched alkanes of at least 4 members (excludes halogenated alkanes) is 33. The minimum atomic E-state index is -0.656. The van der Waals surface area contributed by atoms with Crippen LogP contribution in [0.2, 0.25) is 0 Å². The number of nitrogens with one attached hydrogen (secondary N) is 2. The topological polar surface area (TPSA) is 61.4 Å². The first-order chi connectivity index (χ1) is 27.2. The molecule has 0 aromatic heterocycles. The van der Waals surface area contributed by atoms with Crippen LogP contribution in [0.3, 0.4) is 0 Å². The van der Waals surface area contributed by atoms with Crippen molar-refractivity contribution in [2.24, 2.45) is 0 Å². The van der Waals surface area contributed by atoms with Crippen LogP contribution in [0.1, 0.15) is 271 Å². The lowest BCUT2D eigenvalue weighted by atomic mass is 10.1. The van der Waals surface area contributed by atoms with Crippen LogP contribution in [0, 0.1) is 0 Å². The molecule has 0 aromatic carbocycles. The highest BCUT2D eigenvalue weighted by Crippen LogP contribution is 2.14. The maximum atomic E-state index is 10.4. The molecular weight excluding hydrogens is 673 g/mol. The standard InChI is InChI=1S/C29H60N2.C22H42O2/c1-3-5-24-28-31-29-26-23-21-19-17-15-13-11-9-7-6-8-10-12-14-16-18-20-22-25-27-30-4-2;1-2-3-4-5-6-7-8-9-10-11-12-13-14-15-16-17-18-19-20-21-22(23)24/h9,11,30-31H,3-8,10,12-29H2,1-2H3;9-10H,2-8,11-21H2,1H3,(H,23,24)/b11-9-;10-9-. The van der Waals surface area contributed by atoms with E-state index in [-0.39, 0.29) is 0 Å². The molecule has 0 radical (unpaired) electrons. The van der Waals surface area contributed by atoms with E-state index in [1.54, 1.807) is 0 Å². The quantitative estimate of drug-likeness (QED) is 0.0426. The van der Waals surface area contributed by atoms with Crippen LogP contribution < -0.4 is 10.6 Å². The number of rotatable bonds is 46. The van der Waals surface area contributed by atoms with Crippen molar-refractivity contribution in [1.29, 1.82) is 0 Å². The number of carboxylic acid groups (broad SMARTS) is 1. The van der Waals surface area contributed by atoms with Crippen molar-refractivity contribution < 1.29 is 9.90 Å². The van der Waals surface area contributed by atoms with E-state index in [9.17, 15) is 4.79 Å². The van der Waals surface area contributed by atoms with Crippen molar-refractivity contribution >= 4 is 5.97 Å². The summed E-state index contributed by atoms with van der Waals surface area (Å²) < 4.78 is 0. The van der Waals surface area contributed by atoms with Crippen LogP contribution in [0.25, 0.3) is 0 Å². The Bertz CT molecular complexity index is 736. The summed E-state index contributed by atoms with van der Waals surface area (Å²) in [6.45, 7) is 11.5. The average Bonchev–Trinajstić information content (AvgIpc) is 3.18. The first-order valence-corrected chi connectivity index (χ1v) is 25.1. The number of allylic oxidation sites excluding steroid dienone is 4. The SMILES string of the molecule is CCCCCCCC/C=C\CCCCCCCCCCCC(=O)O.CCCCCNCCCCCCCC/C=C\CCCCCCCCCCCCNCC. The second kappa shape index (κ2) is 55.0. The molecule has 3 N–H and O–H groups in total. The summed E-state index contributed by atoms with van der Waals surface area (Å²) in [5.74, 6) is -0.656. The normalized spacial score (nSPS) is 11.5. The fourth-order valence-electron chi connectivity index (χ4n) is 7.24. The molecule has 0 bridgehead atoms. The van der Waals surface area contributed by atoms with Crippen molar-refractivity contribution in [2.75, 3.05) is 26.2 Å².